The lowest BCUT2D eigenvalue weighted by Gasteiger charge is -2.20. The molecule has 0 heterocycles. The van der Waals surface area contributed by atoms with Crippen LogP contribution in [0.5, 0.6) is 0 Å². The molecule has 2 unspecified atom stereocenters. The third-order valence-corrected chi connectivity index (χ3v) is 3.73. The Labute approximate surface area is 119 Å². The largest absolute Gasteiger partial charge is 0.393 e. The van der Waals surface area contributed by atoms with Gasteiger partial charge in [0.05, 0.1) is 4.99 Å². The van der Waals surface area contributed by atoms with Crippen LogP contribution in [0.2, 0.25) is 0 Å². The van der Waals surface area contributed by atoms with Crippen LogP contribution in [0, 0.1) is 23.4 Å². The van der Waals surface area contributed by atoms with Gasteiger partial charge >= 0.3 is 0 Å². The van der Waals surface area contributed by atoms with E-state index in [9.17, 15) is 18.0 Å². The maximum Gasteiger partial charge on any atom is 0.257 e. The van der Waals surface area contributed by atoms with Crippen molar-refractivity contribution in [2.24, 2.45) is 11.7 Å². The number of amides is 1. The first-order valence-corrected chi connectivity index (χ1v) is 6.55. The summed E-state index contributed by atoms with van der Waals surface area (Å²) in [5, 5.41) is 2.52. The maximum atomic E-state index is 13.5. The fraction of sp³-hybridized carbons (Fsp3) is 0.385. The first kappa shape index (κ1) is 14.8. The van der Waals surface area contributed by atoms with Gasteiger partial charge in [0.2, 0.25) is 0 Å². The standard InChI is InChI=1S/C13H13F3N2OS/c14-6-4-8(15)11(9(16)5-6)13(19)18-10-3-1-2-7(10)12(17)20/h4-5,7,10H,1-3H2,(H2,17,20)(H,18,19). The summed E-state index contributed by atoms with van der Waals surface area (Å²) < 4.78 is 39.8. The molecule has 2 atom stereocenters. The van der Waals surface area contributed by atoms with Crippen molar-refractivity contribution in [3.8, 4) is 0 Å². The molecule has 1 fully saturated rings. The lowest BCUT2D eigenvalue weighted by atomic mass is 10.0. The summed E-state index contributed by atoms with van der Waals surface area (Å²) >= 11 is 4.90. The molecule has 0 bridgehead atoms. The summed E-state index contributed by atoms with van der Waals surface area (Å²) in [6.45, 7) is 0. The Morgan fingerprint density at radius 2 is 1.85 bits per heavy atom. The fourth-order valence-corrected chi connectivity index (χ4v) is 2.76. The summed E-state index contributed by atoms with van der Waals surface area (Å²) in [4.78, 5) is 12.2. The number of carbonyl (C=O) groups is 1. The van der Waals surface area contributed by atoms with E-state index in [1.165, 1.54) is 0 Å². The van der Waals surface area contributed by atoms with Crippen LogP contribution < -0.4 is 11.1 Å². The molecule has 108 valence electrons. The summed E-state index contributed by atoms with van der Waals surface area (Å²) in [5.41, 5.74) is 4.77. The second kappa shape index (κ2) is 5.78. The average molecular weight is 302 g/mol. The fourth-order valence-electron chi connectivity index (χ4n) is 2.47. The van der Waals surface area contributed by atoms with Crippen LogP contribution in [0.15, 0.2) is 12.1 Å². The number of rotatable bonds is 3. The van der Waals surface area contributed by atoms with Gasteiger partial charge in [-0.1, -0.05) is 18.6 Å². The average Bonchev–Trinajstić information content (AvgIpc) is 2.75. The van der Waals surface area contributed by atoms with Crippen molar-refractivity contribution in [2.45, 2.75) is 25.3 Å². The lowest BCUT2D eigenvalue weighted by Crippen LogP contribution is -2.42. The molecule has 3 N–H and O–H groups in total. The van der Waals surface area contributed by atoms with E-state index < -0.39 is 28.9 Å². The van der Waals surface area contributed by atoms with Gasteiger partial charge in [0, 0.05) is 24.1 Å². The highest BCUT2D eigenvalue weighted by Gasteiger charge is 2.32. The molecule has 3 nitrogen and oxygen atoms in total. The van der Waals surface area contributed by atoms with Gasteiger partial charge in [0.15, 0.2) is 0 Å². The Morgan fingerprint density at radius 1 is 1.25 bits per heavy atom. The lowest BCUT2D eigenvalue weighted by molar-refractivity contribution is 0.0925. The summed E-state index contributed by atoms with van der Waals surface area (Å²) in [6, 6.07) is 0.596. The van der Waals surface area contributed by atoms with Crippen LogP contribution in [0.1, 0.15) is 29.6 Å². The molecule has 1 aliphatic carbocycles. The highest BCUT2D eigenvalue weighted by Crippen LogP contribution is 2.26. The summed E-state index contributed by atoms with van der Waals surface area (Å²) in [7, 11) is 0. The molecule has 1 amide bonds. The van der Waals surface area contributed by atoms with Gasteiger partial charge in [0.25, 0.3) is 5.91 Å². The van der Waals surface area contributed by atoms with Crippen LogP contribution in [0.25, 0.3) is 0 Å². The molecule has 7 heteroatoms. The zero-order valence-corrected chi connectivity index (χ0v) is 11.3. The molecule has 1 aromatic carbocycles. The van der Waals surface area contributed by atoms with Crippen molar-refractivity contribution in [2.75, 3.05) is 0 Å². The first-order valence-electron chi connectivity index (χ1n) is 6.15. The van der Waals surface area contributed by atoms with E-state index in [-0.39, 0.29) is 16.9 Å². The summed E-state index contributed by atoms with van der Waals surface area (Å²) in [5.74, 6) is -4.64. The highest BCUT2D eigenvalue weighted by molar-refractivity contribution is 7.80. The minimum atomic E-state index is -1.23. The molecular formula is C13H13F3N2OS. The highest BCUT2D eigenvalue weighted by atomic mass is 32.1. The SMILES string of the molecule is NC(=S)C1CCCC1NC(=O)c1c(F)cc(F)cc1F. The van der Waals surface area contributed by atoms with Gasteiger partial charge in [-0.15, -0.1) is 0 Å². The minimum absolute atomic E-state index is 0.180. The van der Waals surface area contributed by atoms with Gasteiger partial charge in [-0.05, 0) is 12.8 Å². The van der Waals surface area contributed by atoms with Crippen molar-refractivity contribution < 1.29 is 18.0 Å². The molecule has 0 saturated heterocycles. The Kier molecular flexibility index (Phi) is 4.27. The van der Waals surface area contributed by atoms with Crippen molar-refractivity contribution in [3.05, 3.63) is 35.1 Å². The van der Waals surface area contributed by atoms with Gasteiger partial charge < -0.3 is 11.1 Å². The maximum absolute atomic E-state index is 13.5. The van der Waals surface area contributed by atoms with Gasteiger partial charge in [0.1, 0.15) is 23.0 Å². The third-order valence-electron chi connectivity index (χ3n) is 3.43. The van der Waals surface area contributed by atoms with Crippen LogP contribution >= 0.6 is 12.2 Å². The number of benzene rings is 1. The number of nitrogens with two attached hydrogens (primary N) is 1. The van der Waals surface area contributed by atoms with Crippen LogP contribution in [-0.4, -0.2) is 16.9 Å². The van der Waals surface area contributed by atoms with E-state index in [1.54, 1.807) is 0 Å². The van der Waals surface area contributed by atoms with Crippen molar-refractivity contribution >= 4 is 23.1 Å². The van der Waals surface area contributed by atoms with Gasteiger partial charge in [-0.25, -0.2) is 13.2 Å². The second-order valence-electron chi connectivity index (χ2n) is 4.76. The van der Waals surface area contributed by atoms with E-state index in [4.69, 9.17) is 18.0 Å². The zero-order valence-electron chi connectivity index (χ0n) is 10.5. The first-order chi connectivity index (χ1) is 9.40. The van der Waals surface area contributed by atoms with E-state index >= 15 is 0 Å². The van der Waals surface area contributed by atoms with E-state index in [0.717, 1.165) is 12.8 Å². The molecular weight excluding hydrogens is 289 g/mol. The zero-order chi connectivity index (χ0) is 14.9. The predicted octanol–water partition coefficient (Wildman–Crippen LogP) is 2.29. The van der Waals surface area contributed by atoms with Crippen LogP contribution in [0.4, 0.5) is 13.2 Å². The number of hydrogen-bond donors (Lipinski definition) is 2. The Hall–Kier alpha value is -1.63. The number of nitrogens with one attached hydrogen (secondary N) is 1. The van der Waals surface area contributed by atoms with Crippen molar-refractivity contribution in [1.29, 1.82) is 0 Å². The quantitative estimate of drug-likeness (QED) is 0.842. The van der Waals surface area contributed by atoms with E-state index in [1.807, 2.05) is 0 Å². The third kappa shape index (κ3) is 2.92. The minimum Gasteiger partial charge on any atom is -0.393 e. The molecule has 0 aromatic heterocycles. The Bertz CT molecular complexity index is 542. The predicted molar refractivity (Wildman–Crippen MR) is 71.7 cm³/mol. The van der Waals surface area contributed by atoms with Crippen molar-refractivity contribution in [1.82, 2.24) is 5.32 Å². The topological polar surface area (TPSA) is 55.1 Å². The molecule has 1 aliphatic rings. The smallest absolute Gasteiger partial charge is 0.257 e. The molecule has 0 radical (unpaired) electrons. The number of thiocarbonyl (C=S) groups is 1. The molecule has 0 aliphatic heterocycles. The van der Waals surface area contributed by atoms with Crippen molar-refractivity contribution in [3.63, 3.8) is 0 Å². The summed E-state index contributed by atoms with van der Waals surface area (Å²) in [6.07, 6.45) is 2.19. The number of hydrogen-bond acceptors (Lipinski definition) is 2. The molecule has 1 saturated carbocycles. The van der Waals surface area contributed by atoms with E-state index in [2.05, 4.69) is 5.32 Å². The van der Waals surface area contributed by atoms with Crippen LogP contribution in [-0.2, 0) is 0 Å². The normalized spacial score (nSPS) is 21.8. The molecule has 0 spiro atoms. The number of carbonyl (C=O) groups excluding carboxylic acids is 1. The number of halogens is 3. The van der Waals surface area contributed by atoms with E-state index in [0.29, 0.717) is 18.6 Å². The Morgan fingerprint density at radius 3 is 2.40 bits per heavy atom. The Balaban J connectivity index is 2.19. The molecule has 20 heavy (non-hydrogen) atoms. The second-order valence-corrected chi connectivity index (χ2v) is 5.24. The molecule has 1 aromatic rings. The van der Waals surface area contributed by atoms with Crippen LogP contribution in [0.3, 0.4) is 0 Å². The van der Waals surface area contributed by atoms with Gasteiger partial charge in [-0.3, -0.25) is 4.79 Å². The molecule has 2 rings (SSSR count). The monoisotopic (exact) mass is 302 g/mol. The van der Waals surface area contributed by atoms with Gasteiger partial charge in [-0.2, -0.15) is 0 Å².